The van der Waals surface area contributed by atoms with Gasteiger partial charge in [-0.05, 0) is 61.8 Å². The van der Waals surface area contributed by atoms with E-state index >= 15 is 0 Å². The quantitative estimate of drug-likeness (QED) is 0.439. The normalized spacial score (nSPS) is 20.2. The van der Waals surface area contributed by atoms with Crippen molar-refractivity contribution in [3.8, 4) is 0 Å². The largest absolute Gasteiger partial charge is 0.481 e. The maximum Gasteiger partial charge on any atom is 0.303 e. The molecule has 0 heterocycles. The lowest BCUT2D eigenvalue weighted by Crippen LogP contribution is -2.28. The Hall–Kier alpha value is -1.29. The van der Waals surface area contributed by atoms with Crippen LogP contribution in [0.25, 0.3) is 0 Å². The van der Waals surface area contributed by atoms with E-state index in [1.807, 2.05) is 12.1 Å². The second-order valence-electron chi connectivity index (χ2n) is 6.45. The number of rotatable bonds is 9. The van der Waals surface area contributed by atoms with Crippen LogP contribution in [0.5, 0.6) is 0 Å². The smallest absolute Gasteiger partial charge is 0.303 e. The molecular weight excluding hydrogens is 357 g/mol. The van der Waals surface area contributed by atoms with Crippen LogP contribution >= 0.6 is 23.2 Å². The maximum atomic E-state index is 10.5. The maximum absolute atomic E-state index is 10.5. The van der Waals surface area contributed by atoms with E-state index in [1.165, 1.54) is 0 Å². The molecule has 1 aromatic carbocycles. The van der Waals surface area contributed by atoms with E-state index in [0.717, 1.165) is 37.9 Å². The number of nitrogens with one attached hydrogen (secondary N) is 1. The second kappa shape index (κ2) is 10.6. The van der Waals surface area contributed by atoms with Crippen molar-refractivity contribution in [2.45, 2.75) is 38.6 Å². The Morgan fingerprint density at radius 3 is 2.84 bits per heavy atom. The van der Waals surface area contributed by atoms with Crippen LogP contribution in [-0.4, -0.2) is 17.6 Å². The molecule has 0 amide bonds. The Labute approximate surface area is 159 Å². The Kier molecular flexibility index (Phi) is 8.53. The first-order chi connectivity index (χ1) is 12.1. The summed E-state index contributed by atoms with van der Waals surface area (Å²) in [6, 6.07) is 5.58. The SMILES string of the molecule is O=C(O)CCC/C=C\[C@H]1CC=CC[C@@H]1CNCc1ccc(Cl)cc1Cl. The Morgan fingerprint density at radius 1 is 1.28 bits per heavy atom. The number of carboxylic acids is 1. The van der Waals surface area contributed by atoms with Gasteiger partial charge in [-0.25, -0.2) is 0 Å². The summed E-state index contributed by atoms with van der Waals surface area (Å²) in [5.74, 6) is 0.326. The summed E-state index contributed by atoms with van der Waals surface area (Å²) < 4.78 is 0. The highest BCUT2D eigenvalue weighted by Gasteiger charge is 2.19. The van der Waals surface area contributed by atoms with Gasteiger partial charge in [0.25, 0.3) is 0 Å². The van der Waals surface area contributed by atoms with Gasteiger partial charge < -0.3 is 10.4 Å². The minimum atomic E-state index is -0.725. The van der Waals surface area contributed by atoms with Gasteiger partial charge >= 0.3 is 5.97 Å². The molecule has 3 nitrogen and oxygen atoms in total. The van der Waals surface area contributed by atoms with Gasteiger partial charge in [0.1, 0.15) is 0 Å². The molecule has 2 N–H and O–H groups in total. The fourth-order valence-corrected chi connectivity index (χ4v) is 3.54. The van der Waals surface area contributed by atoms with Gasteiger partial charge in [0.2, 0.25) is 0 Å². The number of hydrogen-bond donors (Lipinski definition) is 2. The number of halogens is 2. The first-order valence-corrected chi connectivity index (χ1v) is 9.50. The summed E-state index contributed by atoms with van der Waals surface area (Å²) in [5, 5.41) is 13.5. The molecule has 0 radical (unpaired) electrons. The average molecular weight is 382 g/mol. The van der Waals surface area contributed by atoms with E-state index in [1.54, 1.807) is 6.07 Å². The zero-order valence-electron chi connectivity index (χ0n) is 14.3. The van der Waals surface area contributed by atoms with Gasteiger partial charge in [-0.15, -0.1) is 0 Å². The molecule has 5 heteroatoms. The zero-order valence-corrected chi connectivity index (χ0v) is 15.8. The van der Waals surface area contributed by atoms with Crippen LogP contribution in [0.4, 0.5) is 0 Å². The Balaban J connectivity index is 1.79. The van der Waals surface area contributed by atoms with Crippen molar-refractivity contribution < 1.29 is 9.90 Å². The van der Waals surface area contributed by atoms with Crippen LogP contribution in [0, 0.1) is 11.8 Å². The Morgan fingerprint density at radius 2 is 2.08 bits per heavy atom. The molecule has 2 atom stereocenters. The van der Waals surface area contributed by atoms with Crippen molar-refractivity contribution in [2.24, 2.45) is 11.8 Å². The van der Waals surface area contributed by atoms with Crippen LogP contribution in [0.1, 0.15) is 37.7 Å². The lowest BCUT2D eigenvalue weighted by Gasteiger charge is -2.26. The van der Waals surface area contributed by atoms with E-state index in [2.05, 4.69) is 29.6 Å². The highest BCUT2D eigenvalue weighted by Crippen LogP contribution is 2.27. The molecule has 0 unspecified atom stereocenters. The molecule has 136 valence electrons. The predicted molar refractivity (Wildman–Crippen MR) is 104 cm³/mol. The van der Waals surface area contributed by atoms with E-state index in [-0.39, 0.29) is 6.42 Å². The van der Waals surface area contributed by atoms with Gasteiger partial charge in [0.15, 0.2) is 0 Å². The summed E-state index contributed by atoms with van der Waals surface area (Å²) in [5.41, 5.74) is 1.05. The molecule has 0 aliphatic heterocycles. The second-order valence-corrected chi connectivity index (χ2v) is 7.29. The molecule has 0 aromatic heterocycles. The molecular formula is C20H25Cl2NO2. The minimum Gasteiger partial charge on any atom is -0.481 e. The van der Waals surface area contributed by atoms with Crippen LogP contribution in [0.2, 0.25) is 10.0 Å². The monoisotopic (exact) mass is 381 g/mol. The number of aliphatic carboxylic acids is 1. The number of allylic oxidation sites excluding steroid dienone is 4. The number of hydrogen-bond acceptors (Lipinski definition) is 2. The highest BCUT2D eigenvalue weighted by atomic mass is 35.5. The zero-order chi connectivity index (χ0) is 18.1. The first-order valence-electron chi connectivity index (χ1n) is 8.74. The fraction of sp³-hybridized carbons (Fsp3) is 0.450. The van der Waals surface area contributed by atoms with Crippen molar-refractivity contribution in [2.75, 3.05) is 6.54 Å². The molecule has 1 aliphatic rings. The lowest BCUT2D eigenvalue weighted by molar-refractivity contribution is -0.137. The molecule has 0 fully saturated rings. The fourth-order valence-electron chi connectivity index (χ4n) is 3.06. The molecule has 0 bridgehead atoms. The Bertz CT molecular complexity index is 628. The summed E-state index contributed by atoms with van der Waals surface area (Å²) in [4.78, 5) is 10.5. The summed E-state index contributed by atoms with van der Waals surface area (Å²) in [7, 11) is 0. The average Bonchev–Trinajstić information content (AvgIpc) is 2.57. The van der Waals surface area contributed by atoms with Crippen molar-refractivity contribution >= 4 is 29.2 Å². The van der Waals surface area contributed by atoms with Crippen LogP contribution in [0.15, 0.2) is 42.5 Å². The minimum absolute atomic E-state index is 0.238. The molecule has 2 rings (SSSR count). The molecule has 0 spiro atoms. The van der Waals surface area contributed by atoms with Crippen molar-refractivity contribution in [3.05, 3.63) is 58.1 Å². The van der Waals surface area contributed by atoms with Crippen molar-refractivity contribution in [1.82, 2.24) is 5.32 Å². The third-order valence-corrected chi connectivity index (χ3v) is 5.09. The predicted octanol–water partition coefficient (Wildman–Crippen LogP) is 5.48. The summed E-state index contributed by atoms with van der Waals surface area (Å²) in [6.07, 6.45) is 12.7. The summed E-state index contributed by atoms with van der Waals surface area (Å²) >= 11 is 12.1. The number of benzene rings is 1. The van der Waals surface area contributed by atoms with Crippen molar-refractivity contribution in [1.29, 1.82) is 0 Å². The highest BCUT2D eigenvalue weighted by molar-refractivity contribution is 6.35. The van der Waals surface area contributed by atoms with E-state index in [0.29, 0.717) is 28.3 Å². The number of carboxylic acid groups (broad SMARTS) is 1. The van der Waals surface area contributed by atoms with E-state index in [9.17, 15) is 4.79 Å². The molecule has 25 heavy (non-hydrogen) atoms. The summed E-state index contributed by atoms with van der Waals surface area (Å²) in [6.45, 7) is 1.65. The van der Waals surface area contributed by atoms with Crippen LogP contribution in [-0.2, 0) is 11.3 Å². The van der Waals surface area contributed by atoms with Gasteiger partial charge in [-0.3, -0.25) is 4.79 Å². The van der Waals surface area contributed by atoms with Crippen LogP contribution < -0.4 is 5.32 Å². The number of unbranched alkanes of at least 4 members (excludes halogenated alkanes) is 1. The third kappa shape index (κ3) is 7.23. The lowest BCUT2D eigenvalue weighted by atomic mass is 9.82. The van der Waals surface area contributed by atoms with Gasteiger partial charge in [-0.1, -0.05) is 53.6 Å². The van der Waals surface area contributed by atoms with E-state index < -0.39 is 5.97 Å². The van der Waals surface area contributed by atoms with Gasteiger partial charge in [0.05, 0.1) is 0 Å². The van der Waals surface area contributed by atoms with Crippen LogP contribution in [0.3, 0.4) is 0 Å². The molecule has 1 aromatic rings. The topological polar surface area (TPSA) is 49.3 Å². The molecule has 0 saturated heterocycles. The molecule has 0 saturated carbocycles. The molecule has 1 aliphatic carbocycles. The number of carbonyl (C=O) groups is 1. The first kappa shape index (κ1) is 20.0. The third-order valence-electron chi connectivity index (χ3n) is 4.50. The van der Waals surface area contributed by atoms with E-state index in [4.69, 9.17) is 28.3 Å². The van der Waals surface area contributed by atoms with Gasteiger partial charge in [0, 0.05) is 23.0 Å². The van der Waals surface area contributed by atoms with Gasteiger partial charge in [-0.2, -0.15) is 0 Å². The standard InChI is InChI=1S/C20H25Cl2NO2/c21-18-11-10-17(19(22)12-18)14-23-13-16-8-5-4-7-15(16)6-2-1-3-9-20(24)25/h2,4-6,10-12,15-16,23H,1,3,7-9,13-14H2,(H,24,25)/b6-2-/t15-,16+/m0/s1. The van der Waals surface area contributed by atoms with Crippen molar-refractivity contribution in [3.63, 3.8) is 0 Å².